The molecular formula is C17H17N3O3. The number of nitrogens with one attached hydrogen (secondary N) is 1. The lowest BCUT2D eigenvalue weighted by Gasteiger charge is -2.03. The fourth-order valence-corrected chi connectivity index (χ4v) is 2.50. The number of H-pyrrole nitrogens is 1. The molecule has 23 heavy (non-hydrogen) atoms. The minimum atomic E-state index is -0.255. The molecule has 0 aliphatic heterocycles. The van der Waals surface area contributed by atoms with Crippen LogP contribution in [-0.4, -0.2) is 27.7 Å². The Hall–Kier alpha value is -2.89. The molecule has 2 aromatic heterocycles. The normalized spacial score (nSPS) is 10.8. The van der Waals surface area contributed by atoms with E-state index < -0.39 is 0 Å². The van der Waals surface area contributed by atoms with Gasteiger partial charge in [-0.25, -0.2) is 9.50 Å². The first kappa shape index (κ1) is 15.0. The second-order valence-corrected chi connectivity index (χ2v) is 5.23. The summed E-state index contributed by atoms with van der Waals surface area (Å²) < 4.78 is 6.04. The van der Waals surface area contributed by atoms with Gasteiger partial charge in [-0.2, -0.15) is 0 Å². The molecule has 1 aromatic carbocycles. The van der Waals surface area contributed by atoms with Crippen molar-refractivity contribution in [2.24, 2.45) is 0 Å². The fraction of sp³-hybridized carbons (Fsp3) is 0.235. The largest absolute Gasteiger partial charge is 0.469 e. The molecular weight excluding hydrogens is 294 g/mol. The quantitative estimate of drug-likeness (QED) is 0.733. The molecule has 0 unspecified atom stereocenters. The molecule has 0 saturated carbocycles. The summed E-state index contributed by atoms with van der Waals surface area (Å²) in [5.41, 5.74) is 2.97. The smallest absolute Gasteiger partial charge is 0.305 e. The highest BCUT2D eigenvalue weighted by Gasteiger charge is 2.11. The van der Waals surface area contributed by atoms with Gasteiger partial charge in [0.05, 0.1) is 7.11 Å². The molecule has 0 bridgehead atoms. The van der Waals surface area contributed by atoms with E-state index in [1.807, 2.05) is 30.3 Å². The van der Waals surface area contributed by atoms with Gasteiger partial charge >= 0.3 is 5.97 Å². The van der Waals surface area contributed by atoms with Crippen LogP contribution in [0.5, 0.6) is 0 Å². The van der Waals surface area contributed by atoms with Gasteiger partial charge in [0.1, 0.15) is 0 Å². The van der Waals surface area contributed by atoms with Crippen LogP contribution in [0.2, 0.25) is 0 Å². The first-order valence-corrected chi connectivity index (χ1v) is 7.41. The molecule has 2 heterocycles. The van der Waals surface area contributed by atoms with E-state index >= 15 is 0 Å². The van der Waals surface area contributed by atoms with Crippen molar-refractivity contribution in [2.45, 2.75) is 19.3 Å². The summed E-state index contributed by atoms with van der Waals surface area (Å²) in [6, 6.07) is 11.3. The molecule has 0 radical (unpaired) electrons. The summed E-state index contributed by atoms with van der Waals surface area (Å²) in [6.07, 6.45) is 3.24. The molecule has 0 saturated heterocycles. The van der Waals surface area contributed by atoms with E-state index in [2.05, 4.69) is 14.8 Å². The molecule has 0 aliphatic rings. The Morgan fingerprint density at radius 1 is 1.30 bits per heavy atom. The molecule has 0 fully saturated rings. The van der Waals surface area contributed by atoms with E-state index in [1.165, 1.54) is 17.7 Å². The Labute approximate surface area is 132 Å². The Morgan fingerprint density at radius 3 is 2.83 bits per heavy atom. The highest BCUT2D eigenvalue weighted by atomic mass is 16.5. The van der Waals surface area contributed by atoms with E-state index in [0.717, 1.165) is 11.1 Å². The van der Waals surface area contributed by atoms with Crippen LogP contribution in [0.15, 0.2) is 47.4 Å². The second-order valence-electron chi connectivity index (χ2n) is 5.23. The van der Waals surface area contributed by atoms with Crippen LogP contribution in [0.3, 0.4) is 0 Å². The number of aromatic amines is 1. The number of aromatic nitrogens is 3. The van der Waals surface area contributed by atoms with Crippen LogP contribution < -0.4 is 5.56 Å². The van der Waals surface area contributed by atoms with Crippen molar-refractivity contribution >= 4 is 11.6 Å². The van der Waals surface area contributed by atoms with Gasteiger partial charge in [-0.1, -0.05) is 30.3 Å². The number of rotatable bonds is 5. The summed E-state index contributed by atoms with van der Waals surface area (Å²) in [4.78, 5) is 27.9. The summed E-state index contributed by atoms with van der Waals surface area (Å²) in [5.74, 6) is -0.255. The fourth-order valence-electron chi connectivity index (χ4n) is 2.50. The molecule has 3 aromatic rings. The molecule has 0 spiro atoms. The van der Waals surface area contributed by atoms with Crippen molar-refractivity contribution in [2.75, 3.05) is 7.11 Å². The van der Waals surface area contributed by atoms with E-state index in [1.54, 1.807) is 6.20 Å². The zero-order valence-electron chi connectivity index (χ0n) is 12.8. The molecule has 6 nitrogen and oxygen atoms in total. The summed E-state index contributed by atoms with van der Waals surface area (Å²) in [6.45, 7) is 0. The van der Waals surface area contributed by atoms with Crippen LogP contribution >= 0.6 is 0 Å². The predicted molar refractivity (Wildman–Crippen MR) is 86.2 cm³/mol. The zero-order chi connectivity index (χ0) is 16.2. The van der Waals surface area contributed by atoms with Crippen molar-refractivity contribution in [3.63, 3.8) is 0 Å². The molecule has 3 rings (SSSR count). The average Bonchev–Trinajstić information content (AvgIpc) is 3.00. The Balaban J connectivity index is 1.93. The lowest BCUT2D eigenvalue weighted by atomic mass is 10.1. The monoisotopic (exact) mass is 311 g/mol. The number of benzene rings is 1. The highest BCUT2D eigenvalue weighted by molar-refractivity contribution is 5.76. The molecule has 6 heteroatoms. The third kappa shape index (κ3) is 3.15. The van der Waals surface area contributed by atoms with Crippen molar-refractivity contribution in [1.29, 1.82) is 0 Å². The lowest BCUT2D eigenvalue weighted by molar-refractivity contribution is -0.140. The van der Waals surface area contributed by atoms with Crippen molar-refractivity contribution < 1.29 is 9.53 Å². The van der Waals surface area contributed by atoms with Gasteiger partial charge < -0.3 is 4.74 Å². The molecule has 0 aliphatic carbocycles. The second kappa shape index (κ2) is 6.48. The molecule has 118 valence electrons. The number of methoxy groups -OCH3 is 1. The van der Waals surface area contributed by atoms with Crippen molar-refractivity contribution in [1.82, 2.24) is 14.6 Å². The topological polar surface area (TPSA) is 76.5 Å². The number of nitrogens with zero attached hydrogens (tertiary/aromatic N) is 2. The third-order valence-corrected chi connectivity index (χ3v) is 3.68. The number of aryl methyl sites for hydroxylation is 1. The number of esters is 1. The van der Waals surface area contributed by atoms with Crippen LogP contribution in [0, 0.1) is 0 Å². The molecule has 0 amide bonds. The summed E-state index contributed by atoms with van der Waals surface area (Å²) in [5, 5.41) is 2.93. The minimum absolute atomic E-state index is 0.162. The zero-order valence-corrected chi connectivity index (χ0v) is 12.8. The Morgan fingerprint density at radius 2 is 2.09 bits per heavy atom. The van der Waals surface area contributed by atoms with E-state index in [9.17, 15) is 9.59 Å². The van der Waals surface area contributed by atoms with Crippen molar-refractivity contribution in [3.05, 3.63) is 58.6 Å². The number of fused-ring (bicyclic) bond motifs is 1. The van der Waals surface area contributed by atoms with Gasteiger partial charge in [0.2, 0.25) is 0 Å². The third-order valence-electron chi connectivity index (χ3n) is 3.68. The summed E-state index contributed by atoms with van der Waals surface area (Å²) in [7, 11) is 1.37. The number of carbonyl (C=O) groups is 1. The first-order chi connectivity index (χ1) is 11.2. The average molecular weight is 311 g/mol. The van der Waals surface area contributed by atoms with Gasteiger partial charge in [0.25, 0.3) is 5.56 Å². The van der Waals surface area contributed by atoms with Gasteiger partial charge in [-0.05, 0) is 18.4 Å². The van der Waals surface area contributed by atoms with Gasteiger partial charge in [0, 0.05) is 29.9 Å². The maximum absolute atomic E-state index is 12.2. The molecule has 1 N–H and O–H groups in total. The summed E-state index contributed by atoms with van der Waals surface area (Å²) >= 11 is 0. The van der Waals surface area contributed by atoms with Crippen LogP contribution in [0.4, 0.5) is 0 Å². The lowest BCUT2D eigenvalue weighted by Crippen LogP contribution is -2.15. The number of hydrogen-bond donors (Lipinski definition) is 1. The minimum Gasteiger partial charge on any atom is -0.469 e. The highest BCUT2D eigenvalue weighted by Crippen LogP contribution is 2.22. The van der Waals surface area contributed by atoms with Crippen molar-refractivity contribution in [3.8, 4) is 11.1 Å². The maximum Gasteiger partial charge on any atom is 0.305 e. The maximum atomic E-state index is 12.2. The van der Waals surface area contributed by atoms with E-state index in [4.69, 9.17) is 0 Å². The first-order valence-electron chi connectivity index (χ1n) is 7.41. The van der Waals surface area contributed by atoms with Gasteiger partial charge in [0.15, 0.2) is 5.65 Å². The van der Waals surface area contributed by atoms with Crippen LogP contribution in [0.1, 0.15) is 18.5 Å². The van der Waals surface area contributed by atoms with Gasteiger partial charge in [-0.3, -0.25) is 14.7 Å². The van der Waals surface area contributed by atoms with Crippen LogP contribution in [0.25, 0.3) is 16.8 Å². The van der Waals surface area contributed by atoms with E-state index in [0.29, 0.717) is 30.6 Å². The SMILES string of the molecule is COC(=O)CCCc1cc(=O)n2[nH]cc(-c3ccccc3)c2n1. The standard InChI is InChI=1S/C17H17N3O3/c1-23-16(22)9-5-8-13-10-15(21)20-17(19-13)14(11-18-20)12-6-3-2-4-7-12/h2-4,6-7,10-11,18H,5,8-9H2,1H3. The predicted octanol–water partition coefficient (Wildman–Crippen LogP) is 2.19. The Kier molecular flexibility index (Phi) is 4.23. The van der Waals surface area contributed by atoms with Crippen LogP contribution in [-0.2, 0) is 16.0 Å². The number of ether oxygens (including phenoxy) is 1. The van der Waals surface area contributed by atoms with E-state index in [-0.39, 0.29) is 11.5 Å². The molecule has 0 atom stereocenters. The number of hydrogen-bond acceptors (Lipinski definition) is 4. The van der Waals surface area contributed by atoms with Gasteiger partial charge in [-0.15, -0.1) is 0 Å². The number of carbonyl (C=O) groups excluding carboxylic acids is 1. The Bertz CT molecular complexity index is 881.